The summed E-state index contributed by atoms with van der Waals surface area (Å²) in [5.41, 5.74) is 1.59. The highest BCUT2D eigenvalue weighted by Gasteiger charge is 2.21. The van der Waals surface area contributed by atoms with E-state index in [1.807, 2.05) is 18.2 Å². The highest BCUT2D eigenvalue weighted by Crippen LogP contribution is 2.36. The molecule has 1 saturated carbocycles. The zero-order valence-electron chi connectivity index (χ0n) is 14.6. The van der Waals surface area contributed by atoms with Crippen molar-refractivity contribution in [1.29, 1.82) is 0 Å². The van der Waals surface area contributed by atoms with Gasteiger partial charge in [-0.25, -0.2) is 4.98 Å². The first-order chi connectivity index (χ1) is 12.8. The molecule has 0 atom stereocenters. The number of methoxy groups -OCH3 is 1. The summed E-state index contributed by atoms with van der Waals surface area (Å²) < 4.78 is 10.6. The summed E-state index contributed by atoms with van der Waals surface area (Å²) >= 11 is 1.62. The standard InChI is InChI=1S/C18H21N5O2S/c1-24-8-9-25-13-10-15-14(19-11-13)6-7-16(20-15)21-18-23-22-17(26-18)12-4-2-3-5-12/h6-7,10-12H,2-5,8-9H2,1H3,(H,20,21,23). The Morgan fingerprint density at radius 1 is 1.15 bits per heavy atom. The Bertz CT molecular complexity index is 879. The summed E-state index contributed by atoms with van der Waals surface area (Å²) in [6.45, 7) is 1.02. The van der Waals surface area contributed by atoms with E-state index < -0.39 is 0 Å². The third-order valence-corrected chi connectivity index (χ3v) is 5.45. The number of hydrogen-bond acceptors (Lipinski definition) is 8. The highest BCUT2D eigenvalue weighted by molar-refractivity contribution is 7.15. The van der Waals surface area contributed by atoms with E-state index in [1.165, 1.54) is 25.7 Å². The van der Waals surface area contributed by atoms with Gasteiger partial charge in [0.1, 0.15) is 23.2 Å². The summed E-state index contributed by atoms with van der Waals surface area (Å²) in [5, 5.41) is 13.8. The first-order valence-electron chi connectivity index (χ1n) is 8.81. The lowest BCUT2D eigenvalue weighted by Crippen LogP contribution is -2.04. The second-order valence-electron chi connectivity index (χ2n) is 6.30. The van der Waals surface area contributed by atoms with Crippen LogP contribution in [0, 0.1) is 0 Å². The van der Waals surface area contributed by atoms with Crippen molar-refractivity contribution in [2.24, 2.45) is 0 Å². The average Bonchev–Trinajstić information content (AvgIpc) is 3.33. The molecule has 0 unspecified atom stereocenters. The molecule has 0 radical (unpaired) electrons. The molecule has 0 aliphatic heterocycles. The first kappa shape index (κ1) is 17.1. The molecular weight excluding hydrogens is 350 g/mol. The van der Waals surface area contributed by atoms with Gasteiger partial charge in [-0.15, -0.1) is 10.2 Å². The Hall–Kier alpha value is -2.32. The molecule has 0 aromatic carbocycles. The second kappa shape index (κ2) is 7.92. The minimum absolute atomic E-state index is 0.482. The number of fused-ring (bicyclic) bond motifs is 1. The van der Waals surface area contributed by atoms with Gasteiger partial charge in [0.05, 0.1) is 23.8 Å². The SMILES string of the molecule is COCCOc1cnc2ccc(Nc3nnc(C4CCCC4)s3)nc2c1. The fraction of sp³-hybridized carbons (Fsp3) is 0.444. The lowest BCUT2D eigenvalue weighted by Gasteiger charge is -2.07. The Labute approximate surface area is 155 Å². The molecule has 0 bridgehead atoms. The van der Waals surface area contributed by atoms with Crippen LogP contribution >= 0.6 is 11.3 Å². The number of aromatic nitrogens is 4. The van der Waals surface area contributed by atoms with Crippen molar-refractivity contribution in [3.63, 3.8) is 0 Å². The van der Waals surface area contributed by atoms with E-state index in [0.717, 1.165) is 27.0 Å². The summed E-state index contributed by atoms with van der Waals surface area (Å²) in [6, 6.07) is 5.72. The molecule has 136 valence electrons. The largest absolute Gasteiger partial charge is 0.489 e. The van der Waals surface area contributed by atoms with Crippen molar-refractivity contribution in [2.45, 2.75) is 31.6 Å². The van der Waals surface area contributed by atoms with Gasteiger partial charge >= 0.3 is 0 Å². The van der Waals surface area contributed by atoms with Crippen LogP contribution in [0.25, 0.3) is 11.0 Å². The maximum absolute atomic E-state index is 5.60. The summed E-state index contributed by atoms with van der Waals surface area (Å²) in [7, 11) is 1.65. The van der Waals surface area contributed by atoms with E-state index in [0.29, 0.717) is 24.9 Å². The van der Waals surface area contributed by atoms with Gasteiger partial charge in [-0.05, 0) is 25.0 Å². The van der Waals surface area contributed by atoms with Crippen molar-refractivity contribution in [3.05, 3.63) is 29.4 Å². The molecule has 0 saturated heterocycles. The Morgan fingerprint density at radius 3 is 2.88 bits per heavy atom. The topological polar surface area (TPSA) is 82.0 Å². The van der Waals surface area contributed by atoms with Gasteiger partial charge < -0.3 is 14.8 Å². The number of anilines is 2. The molecule has 3 aromatic heterocycles. The van der Waals surface area contributed by atoms with Crippen molar-refractivity contribution in [1.82, 2.24) is 20.2 Å². The van der Waals surface area contributed by atoms with Gasteiger partial charge in [-0.1, -0.05) is 24.2 Å². The monoisotopic (exact) mass is 371 g/mol. The number of rotatable bonds is 7. The van der Waals surface area contributed by atoms with Crippen LogP contribution in [-0.2, 0) is 4.74 Å². The summed E-state index contributed by atoms with van der Waals surface area (Å²) in [4.78, 5) is 9.00. The third-order valence-electron chi connectivity index (χ3n) is 4.45. The van der Waals surface area contributed by atoms with E-state index in [1.54, 1.807) is 24.6 Å². The van der Waals surface area contributed by atoms with Crippen LogP contribution in [0.1, 0.15) is 36.6 Å². The Morgan fingerprint density at radius 2 is 2.04 bits per heavy atom. The molecule has 1 fully saturated rings. The quantitative estimate of drug-likeness (QED) is 0.631. The summed E-state index contributed by atoms with van der Waals surface area (Å²) in [6.07, 6.45) is 6.73. The second-order valence-corrected chi connectivity index (χ2v) is 7.31. The van der Waals surface area contributed by atoms with Crippen molar-refractivity contribution >= 4 is 33.3 Å². The predicted octanol–water partition coefficient (Wildman–Crippen LogP) is 3.91. The average molecular weight is 371 g/mol. The molecule has 26 heavy (non-hydrogen) atoms. The van der Waals surface area contributed by atoms with Gasteiger partial charge in [0, 0.05) is 19.1 Å². The minimum atomic E-state index is 0.482. The summed E-state index contributed by atoms with van der Waals surface area (Å²) in [5.74, 6) is 1.98. The number of ether oxygens (including phenoxy) is 2. The molecule has 7 nitrogen and oxygen atoms in total. The van der Waals surface area contributed by atoms with Gasteiger partial charge in [0.25, 0.3) is 0 Å². The van der Waals surface area contributed by atoms with Crippen LogP contribution in [0.5, 0.6) is 5.75 Å². The van der Waals surface area contributed by atoms with E-state index in [2.05, 4.69) is 25.5 Å². The maximum Gasteiger partial charge on any atom is 0.211 e. The zero-order valence-corrected chi connectivity index (χ0v) is 15.5. The molecule has 0 amide bonds. The molecule has 3 heterocycles. The molecule has 4 rings (SSSR count). The van der Waals surface area contributed by atoms with Crippen LogP contribution in [-0.4, -0.2) is 40.5 Å². The molecule has 8 heteroatoms. The van der Waals surface area contributed by atoms with E-state index >= 15 is 0 Å². The molecule has 1 aliphatic carbocycles. The van der Waals surface area contributed by atoms with E-state index in [-0.39, 0.29) is 0 Å². The highest BCUT2D eigenvalue weighted by atomic mass is 32.1. The Balaban J connectivity index is 1.49. The number of pyridine rings is 2. The maximum atomic E-state index is 5.60. The molecular formula is C18H21N5O2S. The lowest BCUT2D eigenvalue weighted by atomic mass is 10.1. The fourth-order valence-electron chi connectivity index (χ4n) is 3.11. The van der Waals surface area contributed by atoms with Crippen LogP contribution < -0.4 is 10.1 Å². The molecule has 3 aromatic rings. The van der Waals surface area contributed by atoms with E-state index in [9.17, 15) is 0 Å². The zero-order chi connectivity index (χ0) is 17.8. The van der Waals surface area contributed by atoms with Gasteiger partial charge in [0.2, 0.25) is 5.13 Å². The molecule has 0 spiro atoms. The lowest BCUT2D eigenvalue weighted by molar-refractivity contribution is 0.146. The van der Waals surface area contributed by atoms with Crippen LogP contribution in [0.3, 0.4) is 0 Å². The van der Waals surface area contributed by atoms with Crippen LogP contribution in [0.2, 0.25) is 0 Å². The van der Waals surface area contributed by atoms with Crippen molar-refractivity contribution in [2.75, 3.05) is 25.6 Å². The van der Waals surface area contributed by atoms with Gasteiger partial charge in [-0.2, -0.15) is 0 Å². The smallest absolute Gasteiger partial charge is 0.211 e. The number of nitrogens with one attached hydrogen (secondary N) is 1. The van der Waals surface area contributed by atoms with Crippen LogP contribution in [0.4, 0.5) is 10.9 Å². The molecule has 1 N–H and O–H groups in total. The predicted molar refractivity (Wildman–Crippen MR) is 101 cm³/mol. The minimum Gasteiger partial charge on any atom is -0.489 e. The van der Waals surface area contributed by atoms with Gasteiger partial charge in [-0.3, -0.25) is 4.98 Å². The third kappa shape index (κ3) is 3.91. The Kier molecular flexibility index (Phi) is 5.21. The number of nitrogens with zero attached hydrogens (tertiary/aromatic N) is 4. The molecule has 1 aliphatic rings. The van der Waals surface area contributed by atoms with Gasteiger partial charge in [0.15, 0.2) is 0 Å². The van der Waals surface area contributed by atoms with Crippen molar-refractivity contribution < 1.29 is 9.47 Å². The van der Waals surface area contributed by atoms with E-state index in [4.69, 9.17) is 9.47 Å². The normalized spacial score (nSPS) is 14.8. The van der Waals surface area contributed by atoms with Crippen molar-refractivity contribution in [3.8, 4) is 5.75 Å². The fourth-order valence-corrected chi connectivity index (χ4v) is 4.03. The van der Waals surface area contributed by atoms with Crippen LogP contribution in [0.15, 0.2) is 24.4 Å². The number of hydrogen-bond donors (Lipinski definition) is 1. The first-order valence-corrected chi connectivity index (χ1v) is 9.62.